The summed E-state index contributed by atoms with van der Waals surface area (Å²) in [6, 6.07) is 8.02. The van der Waals surface area contributed by atoms with Crippen molar-refractivity contribution in [3.05, 3.63) is 84.5 Å². The lowest BCUT2D eigenvalue weighted by Gasteiger charge is -2.35. The van der Waals surface area contributed by atoms with Crippen LogP contribution in [0, 0.1) is 5.82 Å². The number of carbonyl (C=O) groups excluding carboxylic acids is 1. The van der Waals surface area contributed by atoms with Gasteiger partial charge in [0, 0.05) is 50.1 Å². The summed E-state index contributed by atoms with van der Waals surface area (Å²) in [5.41, 5.74) is 2.24. The summed E-state index contributed by atoms with van der Waals surface area (Å²) in [7, 11) is 0. The van der Waals surface area contributed by atoms with Crippen LogP contribution in [0.15, 0.2) is 73.0 Å². The molecular weight excluding hydrogens is 438 g/mol. The highest BCUT2D eigenvalue weighted by Gasteiger charge is 2.24. The van der Waals surface area contributed by atoms with E-state index in [0.29, 0.717) is 32.6 Å². The van der Waals surface area contributed by atoms with Gasteiger partial charge in [-0.1, -0.05) is 6.08 Å². The van der Waals surface area contributed by atoms with E-state index in [0.717, 1.165) is 22.8 Å². The van der Waals surface area contributed by atoms with E-state index in [9.17, 15) is 13.6 Å². The molecule has 0 spiro atoms. The minimum absolute atomic E-state index is 0.0399. The van der Waals surface area contributed by atoms with Crippen LogP contribution in [0.25, 0.3) is 11.3 Å². The molecule has 174 valence electrons. The summed E-state index contributed by atoms with van der Waals surface area (Å²) >= 11 is 0. The molecule has 34 heavy (non-hydrogen) atoms. The highest BCUT2D eigenvalue weighted by molar-refractivity contribution is 5.77. The lowest BCUT2D eigenvalue weighted by Crippen LogP contribution is -2.50. The summed E-state index contributed by atoms with van der Waals surface area (Å²) in [6.45, 7) is 2.56. The van der Waals surface area contributed by atoms with E-state index in [1.807, 2.05) is 11.0 Å². The van der Waals surface area contributed by atoms with Crippen molar-refractivity contribution in [2.24, 2.45) is 0 Å². The van der Waals surface area contributed by atoms with Crippen LogP contribution >= 0.6 is 0 Å². The Balaban J connectivity index is 1.33. The van der Waals surface area contributed by atoms with Crippen molar-refractivity contribution in [2.75, 3.05) is 31.1 Å². The molecule has 2 aliphatic rings. The number of carbonyl (C=O) groups is 1. The predicted octanol–water partition coefficient (Wildman–Crippen LogP) is 3.72. The second kappa shape index (κ2) is 9.54. The Bertz CT molecular complexity index is 1210. The molecule has 2 aromatic heterocycles. The van der Waals surface area contributed by atoms with Gasteiger partial charge in [-0.3, -0.25) is 14.5 Å². The van der Waals surface area contributed by atoms with Crippen LogP contribution in [0.1, 0.15) is 18.0 Å². The molecular formula is C25H24F2N6O. The van der Waals surface area contributed by atoms with E-state index < -0.39 is 0 Å². The number of aromatic nitrogens is 4. The lowest BCUT2D eigenvalue weighted by molar-refractivity contribution is -0.132. The predicted molar refractivity (Wildman–Crippen MR) is 124 cm³/mol. The topological polar surface area (TPSA) is 67.2 Å². The highest BCUT2D eigenvalue weighted by Crippen LogP contribution is 2.30. The number of allylic oxidation sites excluding steroid dienone is 4. The van der Waals surface area contributed by atoms with E-state index in [1.54, 1.807) is 41.5 Å². The zero-order chi connectivity index (χ0) is 23.5. The number of piperazine rings is 1. The maximum Gasteiger partial charge on any atom is 0.244 e. The van der Waals surface area contributed by atoms with Crippen molar-refractivity contribution in [3.8, 4) is 11.3 Å². The van der Waals surface area contributed by atoms with Crippen molar-refractivity contribution in [2.45, 2.75) is 18.9 Å². The normalized spacial score (nSPS) is 18.2. The Labute approximate surface area is 196 Å². The Morgan fingerprint density at radius 2 is 1.85 bits per heavy atom. The lowest BCUT2D eigenvalue weighted by atomic mass is 9.96. The van der Waals surface area contributed by atoms with E-state index in [1.165, 1.54) is 24.3 Å². The number of hydrogen-bond acceptors (Lipinski definition) is 5. The first-order valence-corrected chi connectivity index (χ1v) is 11.2. The quantitative estimate of drug-likeness (QED) is 0.578. The third-order valence-electron chi connectivity index (χ3n) is 6.16. The number of anilines is 1. The van der Waals surface area contributed by atoms with Crippen molar-refractivity contribution in [1.29, 1.82) is 0 Å². The van der Waals surface area contributed by atoms with Gasteiger partial charge in [0.2, 0.25) is 5.91 Å². The van der Waals surface area contributed by atoms with Crippen LogP contribution in [0.5, 0.6) is 0 Å². The van der Waals surface area contributed by atoms with Crippen molar-refractivity contribution in [3.63, 3.8) is 0 Å². The molecule has 1 aliphatic carbocycles. The number of amides is 1. The number of nitrogens with zero attached hydrogens (tertiary/aromatic N) is 6. The fourth-order valence-electron chi connectivity index (χ4n) is 4.27. The van der Waals surface area contributed by atoms with Gasteiger partial charge in [0.1, 0.15) is 24.0 Å². The fraction of sp³-hybridized carbons (Fsp3) is 0.280. The minimum Gasteiger partial charge on any atom is -0.352 e. The number of halogens is 2. The zero-order valence-corrected chi connectivity index (χ0v) is 18.5. The summed E-state index contributed by atoms with van der Waals surface area (Å²) < 4.78 is 28.6. The Morgan fingerprint density at radius 3 is 2.53 bits per heavy atom. The molecule has 0 bridgehead atoms. The monoisotopic (exact) mass is 462 g/mol. The average molecular weight is 463 g/mol. The molecule has 1 amide bonds. The first-order chi connectivity index (χ1) is 16.6. The summed E-state index contributed by atoms with van der Waals surface area (Å²) in [5.74, 6) is 0.0941. The zero-order valence-electron chi connectivity index (χ0n) is 18.5. The summed E-state index contributed by atoms with van der Waals surface area (Å²) in [6.07, 6.45) is 10.3. The molecule has 1 aliphatic heterocycles. The number of benzene rings is 1. The van der Waals surface area contributed by atoms with E-state index >= 15 is 0 Å². The molecule has 1 unspecified atom stereocenters. The van der Waals surface area contributed by atoms with Gasteiger partial charge < -0.3 is 9.80 Å². The van der Waals surface area contributed by atoms with Gasteiger partial charge >= 0.3 is 0 Å². The third-order valence-corrected chi connectivity index (χ3v) is 6.16. The van der Waals surface area contributed by atoms with Gasteiger partial charge in [0.15, 0.2) is 0 Å². The molecule has 0 N–H and O–H groups in total. The molecule has 1 fully saturated rings. The first kappa shape index (κ1) is 21.9. The molecule has 1 aromatic carbocycles. The summed E-state index contributed by atoms with van der Waals surface area (Å²) in [5, 5.41) is 4.70. The largest absolute Gasteiger partial charge is 0.352 e. The van der Waals surface area contributed by atoms with Gasteiger partial charge in [-0.25, -0.2) is 13.8 Å². The van der Waals surface area contributed by atoms with Gasteiger partial charge in [-0.15, -0.1) is 0 Å². The van der Waals surface area contributed by atoms with Crippen LogP contribution in [0.4, 0.5) is 14.6 Å². The van der Waals surface area contributed by atoms with E-state index in [-0.39, 0.29) is 30.0 Å². The Hall–Kier alpha value is -3.88. The number of hydrogen-bond donors (Lipinski definition) is 0. The second-order valence-corrected chi connectivity index (χ2v) is 8.34. The van der Waals surface area contributed by atoms with Crippen LogP contribution in [0.3, 0.4) is 0 Å². The average Bonchev–Trinajstić information content (AvgIpc) is 3.29. The van der Waals surface area contributed by atoms with Crippen LogP contribution < -0.4 is 4.90 Å². The molecule has 1 atom stereocenters. The van der Waals surface area contributed by atoms with Gasteiger partial charge in [0.05, 0.1) is 17.6 Å². The molecule has 7 nitrogen and oxygen atoms in total. The Kier molecular flexibility index (Phi) is 6.16. The maximum atomic E-state index is 13.5. The van der Waals surface area contributed by atoms with Gasteiger partial charge in [0.25, 0.3) is 0 Å². The third kappa shape index (κ3) is 4.73. The molecule has 0 radical (unpaired) electrons. The standard InChI is InChI=1S/C25H24F2N6O/c26-20-5-1-18(2-6-20)22-15-23(19-3-7-21(27)8-4-19)33(30-22)17-25(34)32-13-11-31(12-14-32)24-16-28-9-10-29-24/h1,3-10,15-16,18H,2,11-14,17H2. The molecule has 5 rings (SSSR count). The Morgan fingerprint density at radius 1 is 1.06 bits per heavy atom. The second-order valence-electron chi connectivity index (χ2n) is 8.34. The summed E-state index contributed by atoms with van der Waals surface area (Å²) in [4.78, 5) is 25.5. The van der Waals surface area contributed by atoms with Crippen LogP contribution in [-0.4, -0.2) is 56.7 Å². The van der Waals surface area contributed by atoms with Crippen LogP contribution in [0.2, 0.25) is 0 Å². The molecule has 3 aromatic rings. The van der Waals surface area contributed by atoms with E-state index in [2.05, 4.69) is 14.9 Å². The SMILES string of the molecule is O=C(Cn1nc(C2C=CC(F)=CC2)cc1-c1ccc(F)cc1)N1CCN(c2cnccn2)CC1. The van der Waals surface area contributed by atoms with Crippen molar-refractivity contribution in [1.82, 2.24) is 24.6 Å². The molecule has 3 heterocycles. The maximum absolute atomic E-state index is 13.5. The van der Waals surface area contributed by atoms with Gasteiger partial charge in [-0.2, -0.15) is 5.10 Å². The minimum atomic E-state index is -0.331. The smallest absolute Gasteiger partial charge is 0.244 e. The van der Waals surface area contributed by atoms with Crippen molar-refractivity contribution < 1.29 is 13.6 Å². The molecule has 0 saturated carbocycles. The first-order valence-electron chi connectivity index (χ1n) is 11.2. The number of rotatable bonds is 5. The van der Waals surface area contributed by atoms with Gasteiger partial charge in [-0.05, 0) is 48.9 Å². The van der Waals surface area contributed by atoms with Crippen LogP contribution in [-0.2, 0) is 11.3 Å². The molecule has 9 heteroatoms. The fourth-order valence-corrected chi connectivity index (χ4v) is 4.27. The van der Waals surface area contributed by atoms with E-state index in [4.69, 9.17) is 5.10 Å². The highest BCUT2D eigenvalue weighted by atomic mass is 19.1. The molecule has 1 saturated heterocycles. The van der Waals surface area contributed by atoms with Crippen molar-refractivity contribution >= 4 is 11.7 Å².